The number of amides is 2. The molecule has 0 atom stereocenters. The molecule has 1 fully saturated rings. The predicted octanol–water partition coefficient (Wildman–Crippen LogP) is 4.23. The van der Waals surface area contributed by atoms with Gasteiger partial charge in [0.15, 0.2) is 0 Å². The lowest BCUT2D eigenvalue weighted by molar-refractivity contribution is -0.126. The van der Waals surface area contributed by atoms with Crippen molar-refractivity contribution < 1.29 is 19.1 Å². The number of ether oxygens (including phenoxy) is 2. The summed E-state index contributed by atoms with van der Waals surface area (Å²) in [5.74, 6) is 1.23. The van der Waals surface area contributed by atoms with Gasteiger partial charge in [0.05, 0.1) is 14.2 Å². The van der Waals surface area contributed by atoms with Crippen LogP contribution >= 0.6 is 0 Å². The topological polar surface area (TPSA) is 59.1 Å². The molecule has 3 aromatic rings. The number of methoxy groups -OCH3 is 2. The highest BCUT2D eigenvalue weighted by atomic mass is 16.5. The molecule has 0 aromatic heterocycles. The molecule has 1 aliphatic rings. The van der Waals surface area contributed by atoms with Crippen molar-refractivity contribution in [3.8, 4) is 11.5 Å². The third-order valence-electron chi connectivity index (χ3n) is 5.92. The lowest BCUT2D eigenvalue weighted by atomic mass is 10.0. The van der Waals surface area contributed by atoms with Gasteiger partial charge in [-0.3, -0.25) is 9.59 Å². The van der Waals surface area contributed by atoms with E-state index in [1.54, 1.807) is 37.3 Å². The molecule has 1 heterocycles. The van der Waals surface area contributed by atoms with Gasteiger partial charge in [0.2, 0.25) is 0 Å². The van der Waals surface area contributed by atoms with Gasteiger partial charge >= 0.3 is 0 Å². The number of rotatable bonds is 6. The highest BCUT2D eigenvalue weighted by molar-refractivity contribution is 6.24. The number of para-hydroxylation sites is 1. The molecule has 0 unspecified atom stereocenters. The molecule has 0 radical (unpaired) electrons. The summed E-state index contributed by atoms with van der Waals surface area (Å²) in [7, 11) is 3.20. The van der Waals surface area contributed by atoms with Crippen molar-refractivity contribution in [1.29, 1.82) is 0 Å². The van der Waals surface area contributed by atoms with Gasteiger partial charge in [-0.2, -0.15) is 0 Å². The molecule has 174 valence electrons. The number of hydrogen-bond donors (Lipinski definition) is 0. The molecule has 1 saturated heterocycles. The zero-order valence-electron chi connectivity index (χ0n) is 19.4. The largest absolute Gasteiger partial charge is 0.497 e. The summed E-state index contributed by atoms with van der Waals surface area (Å²) in [6.45, 7) is 1.87. The lowest BCUT2D eigenvalue weighted by Gasteiger charge is -2.35. The second-order valence-corrected chi connectivity index (χ2v) is 7.98. The van der Waals surface area contributed by atoms with E-state index in [-0.39, 0.29) is 11.8 Å². The van der Waals surface area contributed by atoms with Gasteiger partial charge in [-0.1, -0.05) is 54.6 Å². The second-order valence-electron chi connectivity index (χ2n) is 7.98. The zero-order chi connectivity index (χ0) is 23.9. The van der Waals surface area contributed by atoms with Crippen molar-refractivity contribution in [3.05, 3.63) is 95.6 Å². The second kappa shape index (κ2) is 10.7. The summed E-state index contributed by atoms with van der Waals surface area (Å²) < 4.78 is 10.7. The zero-order valence-corrected chi connectivity index (χ0v) is 19.4. The molecule has 6 nitrogen and oxygen atoms in total. The van der Waals surface area contributed by atoms with E-state index in [4.69, 9.17) is 9.47 Å². The number of carbonyl (C=O) groups is 2. The van der Waals surface area contributed by atoms with Crippen LogP contribution in [0.5, 0.6) is 11.5 Å². The molecular weight excluding hydrogens is 428 g/mol. The van der Waals surface area contributed by atoms with Crippen LogP contribution in [0.3, 0.4) is 0 Å². The molecule has 0 aliphatic carbocycles. The monoisotopic (exact) mass is 456 g/mol. The number of benzene rings is 3. The molecular formula is C28H28N2O4. The highest BCUT2D eigenvalue weighted by Gasteiger charge is 2.27. The van der Waals surface area contributed by atoms with Crippen LogP contribution in [-0.4, -0.2) is 62.0 Å². The minimum absolute atomic E-state index is 0.0566. The third-order valence-corrected chi connectivity index (χ3v) is 5.92. The van der Waals surface area contributed by atoms with Crippen molar-refractivity contribution in [2.45, 2.75) is 0 Å². The van der Waals surface area contributed by atoms with Crippen molar-refractivity contribution in [2.24, 2.45) is 0 Å². The minimum atomic E-state index is -0.0643. The molecule has 6 heteroatoms. The van der Waals surface area contributed by atoms with Gasteiger partial charge in [0, 0.05) is 42.9 Å². The molecule has 0 N–H and O–H groups in total. The Labute approximate surface area is 200 Å². The van der Waals surface area contributed by atoms with E-state index in [0.29, 0.717) is 48.8 Å². The average molecular weight is 457 g/mol. The maximum Gasteiger partial charge on any atom is 0.254 e. The Balaban J connectivity index is 1.53. The molecule has 4 rings (SSSR count). The van der Waals surface area contributed by atoms with Crippen LogP contribution in [0.2, 0.25) is 0 Å². The Hall–Kier alpha value is -4.06. The minimum Gasteiger partial charge on any atom is -0.497 e. The summed E-state index contributed by atoms with van der Waals surface area (Å²) in [6.07, 6.45) is 1.88. The van der Waals surface area contributed by atoms with E-state index < -0.39 is 0 Å². The van der Waals surface area contributed by atoms with Crippen molar-refractivity contribution in [2.75, 3.05) is 40.4 Å². The molecule has 34 heavy (non-hydrogen) atoms. The average Bonchev–Trinajstić information content (AvgIpc) is 2.91. The van der Waals surface area contributed by atoms with Crippen LogP contribution in [0.4, 0.5) is 0 Å². The molecule has 2 amide bonds. The van der Waals surface area contributed by atoms with Crippen LogP contribution in [0.1, 0.15) is 21.5 Å². The van der Waals surface area contributed by atoms with Crippen molar-refractivity contribution in [1.82, 2.24) is 9.80 Å². The standard InChI is InChI=1S/C28H28N2O4/c1-33-24-13-8-12-23(19-24)27(31)29-15-17-30(18-16-29)28(32)25(21-9-4-3-5-10-21)20-22-11-6-7-14-26(22)34-2/h3-14,19-20H,15-18H2,1-2H3. The Morgan fingerprint density at radius 1 is 0.735 bits per heavy atom. The Bertz CT molecular complexity index is 1180. The first kappa shape index (κ1) is 23.1. The van der Waals surface area contributed by atoms with Gasteiger partial charge in [0.25, 0.3) is 11.8 Å². The number of hydrogen-bond acceptors (Lipinski definition) is 4. The maximum atomic E-state index is 13.6. The summed E-state index contributed by atoms with van der Waals surface area (Å²) in [4.78, 5) is 30.2. The Morgan fingerprint density at radius 3 is 2.09 bits per heavy atom. The first-order chi connectivity index (χ1) is 16.6. The van der Waals surface area contributed by atoms with Gasteiger partial charge in [-0.05, 0) is 35.9 Å². The molecule has 3 aromatic carbocycles. The smallest absolute Gasteiger partial charge is 0.254 e. The highest BCUT2D eigenvalue weighted by Crippen LogP contribution is 2.26. The molecule has 0 bridgehead atoms. The number of nitrogens with zero attached hydrogens (tertiary/aromatic N) is 2. The lowest BCUT2D eigenvalue weighted by Crippen LogP contribution is -2.50. The van der Waals surface area contributed by atoms with Crippen LogP contribution in [0, 0.1) is 0 Å². The fourth-order valence-electron chi connectivity index (χ4n) is 4.05. The summed E-state index contributed by atoms with van der Waals surface area (Å²) in [5, 5.41) is 0. The first-order valence-corrected chi connectivity index (χ1v) is 11.2. The quantitative estimate of drug-likeness (QED) is 0.412. The Kier molecular flexibility index (Phi) is 7.28. The van der Waals surface area contributed by atoms with Crippen LogP contribution in [-0.2, 0) is 4.79 Å². The van der Waals surface area contributed by atoms with Crippen LogP contribution in [0.15, 0.2) is 78.9 Å². The number of carbonyl (C=O) groups excluding carboxylic acids is 2. The molecule has 0 spiro atoms. The molecule has 0 saturated carbocycles. The summed E-state index contributed by atoms with van der Waals surface area (Å²) in [6, 6.07) is 24.4. The fraction of sp³-hybridized carbons (Fsp3) is 0.214. The molecule has 1 aliphatic heterocycles. The number of piperazine rings is 1. The third kappa shape index (κ3) is 5.12. The predicted molar refractivity (Wildman–Crippen MR) is 133 cm³/mol. The van der Waals surface area contributed by atoms with Gasteiger partial charge in [-0.15, -0.1) is 0 Å². The van der Waals surface area contributed by atoms with Crippen LogP contribution < -0.4 is 9.47 Å². The fourth-order valence-corrected chi connectivity index (χ4v) is 4.05. The Morgan fingerprint density at radius 2 is 1.38 bits per heavy atom. The van der Waals surface area contributed by atoms with E-state index >= 15 is 0 Å². The van der Waals surface area contributed by atoms with Gasteiger partial charge < -0.3 is 19.3 Å². The van der Waals surface area contributed by atoms with E-state index in [2.05, 4.69) is 0 Å². The summed E-state index contributed by atoms with van der Waals surface area (Å²) in [5.41, 5.74) is 2.86. The van der Waals surface area contributed by atoms with E-state index in [1.165, 1.54) is 0 Å². The van der Waals surface area contributed by atoms with Gasteiger partial charge in [0.1, 0.15) is 11.5 Å². The van der Waals surface area contributed by atoms with Gasteiger partial charge in [-0.25, -0.2) is 0 Å². The SMILES string of the molecule is COc1cccc(C(=O)N2CCN(C(=O)C(=Cc3ccccc3OC)c3ccccc3)CC2)c1. The van der Waals surface area contributed by atoms with Crippen molar-refractivity contribution in [3.63, 3.8) is 0 Å². The maximum absolute atomic E-state index is 13.6. The van der Waals surface area contributed by atoms with E-state index in [1.807, 2.05) is 71.6 Å². The summed E-state index contributed by atoms with van der Waals surface area (Å²) >= 11 is 0. The van der Waals surface area contributed by atoms with E-state index in [9.17, 15) is 9.59 Å². The van der Waals surface area contributed by atoms with Crippen molar-refractivity contribution >= 4 is 23.5 Å². The van der Waals surface area contributed by atoms with Crippen LogP contribution in [0.25, 0.3) is 11.6 Å². The van der Waals surface area contributed by atoms with E-state index in [0.717, 1.165) is 11.1 Å². The normalized spacial score (nSPS) is 14.0. The first-order valence-electron chi connectivity index (χ1n) is 11.2.